The summed E-state index contributed by atoms with van der Waals surface area (Å²) >= 11 is 0. The lowest BCUT2D eigenvalue weighted by molar-refractivity contribution is 0.443. The van der Waals surface area contributed by atoms with E-state index in [1.54, 1.807) is 0 Å². The van der Waals surface area contributed by atoms with E-state index < -0.39 is 0 Å². The number of unbranched alkanes of at least 4 members (excludes halogenated alkanes) is 2. The monoisotopic (exact) mass is 302 g/mol. The molecule has 0 amide bonds. The first-order valence-corrected chi connectivity index (χ1v) is 8.84. The number of hydrogen-bond donors (Lipinski definition) is 0. The third kappa shape index (κ3) is 6.68. The Kier molecular flexibility index (Phi) is 7.72. The summed E-state index contributed by atoms with van der Waals surface area (Å²) in [6.45, 7) is 13.3. The van der Waals surface area contributed by atoms with Crippen LogP contribution in [0.15, 0.2) is 24.5 Å². The minimum Gasteiger partial charge on any atom is -0.465 e. The van der Waals surface area contributed by atoms with Gasteiger partial charge in [0, 0.05) is 0 Å². The van der Waals surface area contributed by atoms with Crippen molar-refractivity contribution in [2.45, 2.75) is 80.1 Å². The lowest BCUT2D eigenvalue weighted by Crippen LogP contribution is -2.02. The molecular formula is C21H34O. The first kappa shape index (κ1) is 18.8. The van der Waals surface area contributed by atoms with Gasteiger partial charge < -0.3 is 4.74 Å². The molecule has 0 aromatic heterocycles. The Morgan fingerprint density at radius 2 is 1.45 bits per heavy atom. The van der Waals surface area contributed by atoms with E-state index in [1.807, 2.05) is 6.26 Å². The molecule has 0 unspecified atom stereocenters. The molecule has 124 valence electrons. The Bertz CT molecular complexity index is 448. The second-order valence-electron chi connectivity index (χ2n) is 7.41. The lowest BCUT2D eigenvalue weighted by atomic mass is 9.97. The molecule has 0 saturated heterocycles. The maximum absolute atomic E-state index is 6.11. The molecule has 0 saturated carbocycles. The SMILES string of the molecule is CCCCc1cc(C)cc(CCCC)c1O/C=C/C(C)(C)C. The van der Waals surface area contributed by atoms with Gasteiger partial charge >= 0.3 is 0 Å². The average molecular weight is 303 g/mol. The molecule has 0 radical (unpaired) electrons. The van der Waals surface area contributed by atoms with E-state index in [0.29, 0.717) is 0 Å². The summed E-state index contributed by atoms with van der Waals surface area (Å²) in [6.07, 6.45) is 11.1. The molecule has 0 aliphatic rings. The van der Waals surface area contributed by atoms with Gasteiger partial charge in [0.2, 0.25) is 0 Å². The summed E-state index contributed by atoms with van der Waals surface area (Å²) in [5.41, 5.74) is 4.24. The molecular weight excluding hydrogens is 268 g/mol. The highest BCUT2D eigenvalue weighted by molar-refractivity contribution is 5.45. The number of benzene rings is 1. The van der Waals surface area contributed by atoms with E-state index in [1.165, 1.54) is 42.4 Å². The number of allylic oxidation sites excluding steroid dienone is 1. The molecule has 1 rings (SSSR count). The minimum absolute atomic E-state index is 0.151. The van der Waals surface area contributed by atoms with Crippen molar-refractivity contribution in [3.05, 3.63) is 41.2 Å². The van der Waals surface area contributed by atoms with E-state index >= 15 is 0 Å². The standard InChI is InChI=1S/C21H34O/c1-7-9-11-18-15-17(3)16-19(12-10-8-2)20(18)22-14-13-21(4,5)6/h13-16H,7-12H2,1-6H3/b14-13+. The zero-order chi connectivity index (χ0) is 16.6. The Hall–Kier alpha value is -1.24. The molecule has 0 spiro atoms. The molecule has 0 atom stereocenters. The van der Waals surface area contributed by atoms with Crippen molar-refractivity contribution in [1.82, 2.24) is 0 Å². The van der Waals surface area contributed by atoms with E-state index in [2.05, 4.69) is 59.8 Å². The van der Waals surface area contributed by atoms with Gasteiger partial charge in [-0.1, -0.05) is 65.2 Å². The van der Waals surface area contributed by atoms with Crippen LogP contribution in [0.5, 0.6) is 5.75 Å². The van der Waals surface area contributed by atoms with Crippen molar-refractivity contribution in [2.75, 3.05) is 0 Å². The Morgan fingerprint density at radius 3 is 1.86 bits per heavy atom. The van der Waals surface area contributed by atoms with Crippen LogP contribution in [0.3, 0.4) is 0 Å². The summed E-state index contributed by atoms with van der Waals surface area (Å²) in [7, 11) is 0. The Morgan fingerprint density at radius 1 is 0.955 bits per heavy atom. The third-order valence-corrected chi connectivity index (χ3v) is 3.74. The maximum Gasteiger partial charge on any atom is 0.132 e. The van der Waals surface area contributed by atoms with Crippen LogP contribution < -0.4 is 4.74 Å². The fourth-order valence-electron chi connectivity index (χ4n) is 2.49. The number of rotatable bonds is 8. The van der Waals surface area contributed by atoms with Crippen molar-refractivity contribution < 1.29 is 4.74 Å². The second-order valence-corrected chi connectivity index (χ2v) is 7.41. The van der Waals surface area contributed by atoms with Gasteiger partial charge in [0.1, 0.15) is 5.75 Å². The van der Waals surface area contributed by atoms with Crippen LogP contribution in [0, 0.1) is 12.3 Å². The smallest absolute Gasteiger partial charge is 0.132 e. The molecule has 1 aromatic rings. The fourth-order valence-corrected chi connectivity index (χ4v) is 2.49. The van der Waals surface area contributed by atoms with Gasteiger partial charge in [-0.2, -0.15) is 0 Å². The van der Waals surface area contributed by atoms with Crippen LogP contribution in [0.1, 0.15) is 77.0 Å². The fraction of sp³-hybridized carbons (Fsp3) is 0.619. The van der Waals surface area contributed by atoms with Crippen molar-refractivity contribution in [2.24, 2.45) is 5.41 Å². The van der Waals surface area contributed by atoms with E-state index in [4.69, 9.17) is 4.74 Å². The van der Waals surface area contributed by atoms with Gasteiger partial charge in [0.15, 0.2) is 0 Å². The topological polar surface area (TPSA) is 9.23 Å². The van der Waals surface area contributed by atoms with E-state index in [0.717, 1.165) is 18.6 Å². The average Bonchev–Trinajstić information content (AvgIpc) is 2.43. The van der Waals surface area contributed by atoms with Gasteiger partial charge in [0.05, 0.1) is 6.26 Å². The number of hydrogen-bond acceptors (Lipinski definition) is 1. The predicted octanol–water partition coefficient (Wildman–Crippen LogP) is 6.62. The molecule has 22 heavy (non-hydrogen) atoms. The predicted molar refractivity (Wildman–Crippen MR) is 97.6 cm³/mol. The third-order valence-electron chi connectivity index (χ3n) is 3.74. The largest absolute Gasteiger partial charge is 0.465 e. The minimum atomic E-state index is 0.151. The summed E-state index contributed by atoms with van der Waals surface area (Å²) < 4.78 is 6.11. The molecule has 0 bridgehead atoms. The van der Waals surface area contributed by atoms with Crippen LogP contribution in [0.4, 0.5) is 0 Å². The van der Waals surface area contributed by atoms with Gasteiger partial charge in [-0.25, -0.2) is 0 Å². The zero-order valence-corrected chi connectivity index (χ0v) is 15.5. The van der Waals surface area contributed by atoms with Crippen molar-refractivity contribution in [3.8, 4) is 5.75 Å². The zero-order valence-electron chi connectivity index (χ0n) is 15.5. The highest BCUT2D eigenvalue weighted by Crippen LogP contribution is 2.30. The van der Waals surface area contributed by atoms with Crippen LogP contribution in [0.25, 0.3) is 0 Å². The van der Waals surface area contributed by atoms with Gasteiger partial charge in [-0.3, -0.25) is 0 Å². The number of aryl methyl sites for hydroxylation is 3. The highest BCUT2D eigenvalue weighted by atomic mass is 16.5. The second kappa shape index (κ2) is 9.02. The molecule has 1 heteroatoms. The molecule has 0 aliphatic carbocycles. The van der Waals surface area contributed by atoms with Crippen LogP contribution >= 0.6 is 0 Å². The molecule has 0 aliphatic heterocycles. The van der Waals surface area contributed by atoms with Crippen molar-refractivity contribution in [1.29, 1.82) is 0 Å². The van der Waals surface area contributed by atoms with Gasteiger partial charge in [-0.05, 0) is 55.2 Å². The van der Waals surface area contributed by atoms with Crippen molar-refractivity contribution >= 4 is 0 Å². The summed E-state index contributed by atoms with van der Waals surface area (Å²) in [5.74, 6) is 1.10. The lowest BCUT2D eigenvalue weighted by Gasteiger charge is -2.17. The van der Waals surface area contributed by atoms with E-state index in [9.17, 15) is 0 Å². The van der Waals surface area contributed by atoms with Gasteiger partial charge in [0.25, 0.3) is 0 Å². The maximum atomic E-state index is 6.11. The molecule has 0 heterocycles. The quantitative estimate of drug-likeness (QED) is 0.490. The normalized spacial score (nSPS) is 12.1. The Balaban J connectivity index is 3.07. The van der Waals surface area contributed by atoms with Crippen LogP contribution in [-0.2, 0) is 12.8 Å². The number of ether oxygens (including phenoxy) is 1. The van der Waals surface area contributed by atoms with Gasteiger partial charge in [-0.15, -0.1) is 0 Å². The first-order chi connectivity index (χ1) is 10.4. The Labute approximate surface area is 137 Å². The van der Waals surface area contributed by atoms with E-state index in [-0.39, 0.29) is 5.41 Å². The van der Waals surface area contributed by atoms with Crippen LogP contribution in [0.2, 0.25) is 0 Å². The molecule has 1 aromatic carbocycles. The summed E-state index contributed by atoms with van der Waals surface area (Å²) in [6, 6.07) is 4.59. The summed E-state index contributed by atoms with van der Waals surface area (Å²) in [4.78, 5) is 0. The van der Waals surface area contributed by atoms with Crippen molar-refractivity contribution in [3.63, 3.8) is 0 Å². The highest BCUT2D eigenvalue weighted by Gasteiger charge is 2.11. The molecule has 0 N–H and O–H groups in total. The first-order valence-electron chi connectivity index (χ1n) is 8.84. The summed E-state index contributed by atoms with van der Waals surface area (Å²) in [5, 5.41) is 0. The van der Waals surface area contributed by atoms with Crippen LogP contribution in [-0.4, -0.2) is 0 Å². The molecule has 0 fully saturated rings. The molecule has 1 nitrogen and oxygen atoms in total.